The third-order valence-corrected chi connectivity index (χ3v) is 3.13. The van der Waals surface area contributed by atoms with E-state index in [0.717, 1.165) is 11.8 Å². The minimum atomic E-state index is 0. The Morgan fingerprint density at radius 2 is 2.25 bits per heavy atom. The van der Waals surface area contributed by atoms with E-state index in [1.807, 2.05) is 12.9 Å². The van der Waals surface area contributed by atoms with Crippen LogP contribution in [0.25, 0.3) is 0 Å². The summed E-state index contributed by atoms with van der Waals surface area (Å²) in [7, 11) is 0. The summed E-state index contributed by atoms with van der Waals surface area (Å²) in [5.74, 6) is 2.31. The monoisotopic (exact) mass is 240 g/mol. The van der Waals surface area contributed by atoms with Crippen LogP contribution in [0.3, 0.4) is 0 Å². The zero-order chi connectivity index (χ0) is 7.84. The van der Waals surface area contributed by atoms with E-state index in [1.165, 1.54) is 18.4 Å². The summed E-state index contributed by atoms with van der Waals surface area (Å²) >= 11 is 0. The topological polar surface area (TPSA) is 9.23 Å². The first kappa shape index (κ1) is 10.7. The van der Waals surface area contributed by atoms with Gasteiger partial charge < -0.3 is 4.74 Å². The first-order valence-corrected chi connectivity index (χ1v) is 4.44. The molecule has 0 N–H and O–H groups in total. The standard InChI is InChI=1S/C10H15O.Y/c1-7-3-4-9-8(2)5-11-6-10(7)9;/h5-7,9-10H,3-4H2,1-2H3;/q-1;/t7?,9-,10-;/m1./s1. The Morgan fingerprint density at radius 3 is 2.92 bits per heavy atom. The molecule has 2 aliphatic rings. The summed E-state index contributed by atoms with van der Waals surface area (Å²) in [6.45, 7) is 6.53. The van der Waals surface area contributed by atoms with Crippen molar-refractivity contribution in [3.63, 3.8) is 0 Å². The Morgan fingerprint density at radius 1 is 1.50 bits per heavy atom. The molecule has 0 spiro atoms. The van der Waals surface area contributed by atoms with E-state index in [-0.39, 0.29) is 32.7 Å². The molecule has 1 unspecified atom stereocenters. The minimum absolute atomic E-state index is 0. The SMILES string of the molecule is CC1=CO[CH-][C@@H]2C(C)CC[C@H]12.[Y]. The molecule has 1 saturated carbocycles. The molecule has 0 aromatic rings. The third kappa shape index (κ3) is 1.77. The van der Waals surface area contributed by atoms with Gasteiger partial charge in [-0.05, 0) is 24.8 Å². The molecule has 1 fully saturated rings. The maximum Gasteiger partial charge on any atom is 0.0452 e. The second kappa shape index (κ2) is 4.24. The fourth-order valence-electron chi connectivity index (χ4n) is 2.31. The van der Waals surface area contributed by atoms with Crippen LogP contribution >= 0.6 is 0 Å². The molecule has 2 rings (SSSR count). The van der Waals surface area contributed by atoms with Crippen molar-refractivity contribution in [2.75, 3.05) is 0 Å². The van der Waals surface area contributed by atoms with E-state index in [2.05, 4.69) is 13.8 Å². The van der Waals surface area contributed by atoms with E-state index in [1.54, 1.807) is 0 Å². The third-order valence-electron chi connectivity index (χ3n) is 3.13. The van der Waals surface area contributed by atoms with Crippen molar-refractivity contribution in [2.24, 2.45) is 17.8 Å². The fraction of sp³-hybridized carbons (Fsp3) is 0.700. The van der Waals surface area contributed by atoms with Crippen LogP contribution in [-0.2, 0) is 37.4 Å². The zero-order valence-electron chi connectivity index (χ0n) is 7.79. The Kier molecular flexibility index (Phi) is 3.79. The fourth-order valence-corrected chi connectivity index (χ4v) is 2.31. The molecule has 1 heterocycles. The quantitative estimate of drug-likeness (QED) is 0.591. The first-order chi connectivity index (χ1) is 5.29. The smallest absolute Gasteiger partial charge is 0.0452 e. The molecule has 12 heavy (non-hydrogen) atoms. The van der Waals surface area contributed by atoms with Gasteiger partial charge in [-0.25, -0.2) is 0 Å². The van der Waals surface area contributed by atoms with Crippen LogP contribution in [0.2, 0.25) is 0 Å². The molecule has 2 heteroatoms. The maximum atomic E-state index is 5.28. The van der Waals surface area contributed by atoms with Gasteiger partial charge in [0.1, 0.15) is 0 Å². The van der Waals surface area contributed by atoms with E-state index < -0.39 is 0 Å². The van der Waals surface area contributed by atoms with Gasteiger partial charge in [-0.1, -0.05) is 19.3 Å². The van der Waals surface area contributed by atoms with Crippen LogP contribution in [-0.4, -0.2) is 0 Å². The number of allylic oxidation sites excluding steroid dienone is 1. The van der Waals surface area contributed by atoms with Crippen LogP contribution < -0.4 is 0 Å². The van der Waals surface area contributed by atoms with E-state index in [4.69, 9.17) is 4.74 Å². The summed E-state index contributed by atoms with van der Waals surface area (Å²) in [5, 5.41) is 0. The van der Waals surface area contributed by atoms with Crippen molar-refractivity contribution in [3.8, 4) is 0 Å². The summed E-state index contributed by atoms with van der Waals surface area (Å²) < 4.78 is 5.28. The molecule has 0 aromatic heterocycles. The molecule has 1 nitrogen and oxygen atoms in total. The van der Waals surface area contributed by atoms with Gasteiger partial charge in [-0.3, -0.25) is 0 Å². The minimum Gasteiger partial charge on any atom is -0.667 e. The molecule has 0 bridgehead atoms. The van der Waals surface area contributed by atoms with Crippen molar-refractivity contribution in [2.45, 2.75) is 26.7 Å². The molecule has 1 radical (unpaired) electrons. The van der Waals surface area contributed by atoms with Crippen LogP contribution in [0.1, 0.15) is 26.7 Å². The molecule has 0 amide bonds. The van der Waals surface area contributed by atoms with Crippen molar-refractivity contribution in [3.05, 3.63) is 18.4 Å². The van der Waals surface area contributed by atoms with E-state index >= 15 is 0 Å². The Bertz CT molecular complexity index is 188. The van der Waals surface area contributed by atoms with Gasteiger partial charge >= 0.3 is 0 Å². The van der Waals surface area contributed by atoms with Gasteiger partial charge in [0.15, 0.2) is 0 Å². The van der Waals surface area contributed by atoms with Gasteiger partial charge in [0.2, 0.25) is 0 Å². The second-order valence-electron chi connectivity index (χ2n) is 3.87. The predicted octanol–water partition coefficient (Wildman–Crippen LogP) is 2.74. The zero-order valence-corrected chi connectivity index (χ0v) is 10.6. The molecule has 3 atom stereocenters. The molecule has 0 saturated heterocycles. The Hall–Kier alpha value is 0.644. The molecule has 0 aromatic carbocycles. The van der Waals surface area contributed by atoms with Gasteiger partial charge in [0.25, 0.3) is 0 Å². The summed E-state index contributed by atoms with van der Waals surface area (Å²) in [6.07, 6.45) is 4.62. The molecule has 1 aliphatic carbocycles. The van der Waals surface area contributed by atoms with Gasteiger partial charge in [0.05, 0.1) is 0 Å². The number of ether oxygens (including phenoxy) is 1. The molecule has 65 valence electrons. The van der Waals surface area contributed by atoms with Crippen molar-refractivity contribution in [1.82, 2.24) is 0 Å². The van der Waals surface area contributed by atoms with E-state index in [9.17, 15) is 0 Å². The number of rotatable bonds is 0. The van der Waals surface area contributed by atoms with Crippen molar-refractivity contribution >= 4 is 0 Å². The molecular weight excluding hydrogens is 225 g/mol. The van der Waals surface area contributed by atoms with Gasteiger partial charge in [-0.2, -0.15) is 6.61 Å². The van der Waals surface area contributed by atoms with Crippen LogP contribution in [0, 0.1) is 24.4 Å². The average Bonchev–Trinajstić information content (AvgIpc) is 2.35. The predicted molar refractivity (Wildman–Crippen MR) is 44.5 cm³/mol. The number of hydrogen-bond donors (Lipinski definition) is 0. The summed E-state index contributed by atoms with van der Waals surface area (Å²) in [4.78, 5) is 0. The largest absolute Gasteiger partial charge is 0.667 e. The summed E-state index contributed by atoms with van der Waals surface area (Å²) in [6, 6.07) is 0. The number of hydrogen-bond acceptors (Lipinski definition) is 1. The Labute approximate surface area is 99.8 Å². The molecule has 1 aliphatic heterocycles. The second-order valence-corrected chi connectivity index (χ2v) is 3.87. The van der Waals surface area contributed by atoms with Crippen LogP contribution in [0.4, 0.5) is 0 Å². The normalized spacial score (nSPS) is 39.2. The maximum absolute atomic E-state index is 5.28. The van der Waals surface area contributed by atoms with Crippen LogP contribution in [0.15, 0.2) is 11.8 Å². The van der Waals surface area contributed by atoms with Crippen molar-refractivity contribution in [1.29, 1.82) is 0 Å². The van der Waals surface area contributed by atoms with Gasteiger partial charge in [0, 0.05) is 39.0 Å². The first-order valence-electron chi connectivity index (χ1n) is 4.44. The molecular formula is C10H15OY-. The number of fused-ring (bicyclic) bond motifs is 1. The van der Waals surface area contributed by atoms with Gasteiger partial charge in [-0.15, -0.1) is 5.92 Å². The average molecular weight is 240 g/mol. The van der Waals surface area contributed by atoms with Crippen molar-refractivity contribution < 1.29 is 37.4 Å². The van der Waals surface area contributed by atoms with Crippen LogP contribution in [0.5, 0.6) is 0 Å². The Balaban J connectivity index is 0.000000720. The van der Waals surface area contributed by atoms with E-state index in [0.29, 0.717) is 5.92 Å². The summed E-state index contributed by atoms with van der Waals surface area (Å²) in [5.41, 5.74) is 1.43.